The maximum Gasteiger partial charge on any atom is 0.229 e. The van der Waals surface area contributed by atoms with Crippen molar-refractivity contribution >= 4 is 5.91 Å². The van der Waals surface area contributed by atoms with E-state index in [0.29, 0.717) is 5.91 Å². The molecule has 2 aromatic carbocycles. The van der Waals surface area contributed by atoms with Crippen LogP contribution in [-0.4, -0.2) is 30.4 Å². The highest BCUT2D eigenvalue weighted by atomic mass is 16.2. The number of piperidine rings is 2. The van der Waals surface area contributed by atoms with Crippen molar-refractivity contribution < 1.29 is 4.79 Å². The molecule has 0 radical (unpaired) electrons. The Kier molecular flexibility index (Phi) is 4.58. The Labute approximate surface area is 150 Å². The zero-order chi connectivity index (χ0) is 17.1. The van der Waals surface area contributed by atoms with Gasteiger partial charge in [-0.2, -0.15) is 0 Å². The van der Waals surface area contributed by atoms with Gasteiger partial charge in [-0.05, 0) is 55.5 Å². The first-order valence-corrected chi connectivity index (χ1v) is 9.41. The first-order valence-electron chi connectivity index (χ1n) is 9.41. The predicted octanol–water partition coefficient (Wildman–Crippen LogP) is 3.85. The summed E-state index contributed by atoms with van der Waals surface area (Å²) in [5.74, 6) is 0.382. The number of benzene rings is 2. The maximum absolute atomic E-state index is 13.1. The third-order valence-corrected chi connectivity index (χ3v) is 5.82. The molecule has 25 heavy (non-hydrogen) atoms. The number of hydrogen-bond acceptors (Lipinski definition) is 2. The van der Waals surface area contributed by atoms with Gasteiger partial charge < -0.3 is 10.2 Å². The highest BCUT2D eigenvalue weighted by molar-refractivity contribution is 5.83. The molecule has 1 amide bonds. The number of nitrogens with one attached hydrogen (secondary N) is 1. The standard InChI is InChI=1S/C22H26N2O/c25-21-22(12-14-23-15-13-22)11-4-16-24(21)17-18-7-9-20(10-8-18)19-5-2-1-3-6-19/h1-3,5-10,23H,4,11-17H2. The largest absolute Gasteiger partial charge is 0.338 e. The van der Waals surface area contributed by atoms with E-state index in [1.165, 1.54) is 16.7 Å². The lowest BCUT2D eigenvalue weighted by Crippen LogP contribution is -2.52. The summed E-state index contributed by atoms with van der Waals surface area (Å²) in [7, 11) is 0. The van der Waals surface area contributed by atoms with Crippen LogP contribution in [0.25, 0.3) is 11.1 Å². The molecule has 0 saturated carbocycles. The summed E-state index contributed by atoms with van der Waals surface area (Å²) in [6, 6.07) is 19.1. The van der Waals surface area contributed by atoms with Crippen molar-refractivity contribution in [2.45, 2.75) is 32.2 Å². The molecule has 0 aromatic heterocycles. The molecule has 4 rings (SSSR count). The summed E-state index contributed by atoms with van der Waals surface area (Å²) < 4.78 is 0. The van der Waals surface area contributed by atoms with Crippen molar-refractivity contribution in [2.24, 2.45) is 5.41 Å². The van der Waals surface area contributed by atoms with Crippen molar-refractivity contribution in [2.75, 3.05) is 19.6 Å². The molecule has 3 nitrogen and oxygen atoms in total. The van der Waals surface area contributed by atoms with Gasteiger partial charge in [0.1, 0.15) is 0 Å². The molecule has 2 aliphatic rings. The summed E-state index contributed by atoms with van der Waals surface area (Å²) in [5, 5.41) is 3.39. The van der Waals surface area contributed by atoms with Crippen molar-refractivity contribution in [3.05, 3.63) is 60.2 Å². The smallest absolute Gasteiger partial charge is 0.229 e. The average molecular weight is 334 g/mol. The third-order valence-electron chi connectivity index (χ3n) is 5.82. The molecule has 0 unspecified atom stereocenters. The Bertz CT molecular complexity index is 712. The monoisotopic (exact) mass is 334 g/mol. The number of rotatable bonds is 3. The molecule has 1 N–H and O–H groups in total. The van der Waals surface area contributed by atoms with Gasteiger partial charge in [0.15, 0.2) is 0 Å². The normalized spacial score (nSPS) is 20.0. The van der Waals surface area contributed by atoms with Crippen LogP contribution in [0, 0.1) is 5.41 Å². The Morgan fingerprint density at radius 1 is 0.880 bits per heavy atom. The fraction of sp³-hybridized carbons (Fsp3) is 0.409. The number of nitrogens with zero attached hydrogens (tertiary/aromatic N) is 1. The molecule has 2 fully saturated rings. The number of hydrogen-bond donors (Lipinski definition) is 1. The maximum atomic E-state index is 13.1. The highest BCUT2D eigenvalue weighted by Crippen LogP contribution is 2.39. The van der Waals surface area contributed by atoms with Crippen LogP contribution in [-0.2, 0) is 11.3 Å². The van der Waals surface area contributed by atoms with Gasteiger partial charge in [-0.1, -0.05) is 54.6 Å². The quantitative estimate of drug-likeness (QED) is 0.925. The second-order valence-electron chi connectivity index (χ2n) is 7.42. The summed E-state index contributed by atoms with van der Waals surface area (Å²) in [6.45, 7) is 3.59. The molecule has 2 heterocycles. The highest BCUT2D eigenvalue weighted by Gasteiger charge is 2.44. The van der Waals surface area contributed by atoms with Gasteiger partial charge in [0.25, 0.3) is 0 Å². The Morgan fingerprint density at radius 3 is 2.28 bits per heavy atom. The summed E-state index contributed by atoms with van der Waals surface area (Å²) in [4.78, 5) is 15.2. The van der Waals surface area contributed by atoms with Crippen molar-refractivity contribution in [3.8, 4) is 11.1 Å². The van der Waals surface area contributed by atoms with Gasteiger partial charge in [0.05, 0.1) is 5.41 Å². The molecular formula is C22H26N2O. The van der Waals surface area contributed by atoms with E-state index in [1.807, 2.05) is 6.07 Å². The SMILES string of the molecule is O=C1N(Cc2ccc(-c3ccccc3)cc2)CCCC12CCNCC2. The molecule has 2 aromatic rings. The lowest BCUT2D eigenvalue weighted by Gasteiger charge is -2.44. The van der Waals surface area contributed by atoms with Crippen LogP contribution in [0.4, 0.5) is 0 Å². The van der Waals surface area contributed by atoms with Crippen LogP contribution >= 0.6 is 0 Å². The lowest BCUT2D eigenvalue weighted by atomic mass is 9.72. The molecule has 130 valence electrons. The van der Waals surface area contributed by atoms with Gasteiger partial charge in [0.2, 0.25) is 5.91 Å². The van der Waals surface area contributed by atoms with Crippen molar-refractivity contribution in [1.82, 2.24) is 10.2 Å². The lowest BCUT2D eigenvalue weighted by molar-refractivity contribution is -0.149. The first-order chi connectivity index (χ1) is 12.3. The van der Waals surface area contributed by atoms with E-state index in [1.54, 1.807) is 0 Å². The van der Waals surface area contributed by atoms with Crippen LogP contribution in [0.15, 0.2) is 54.6 Å². The van der Waals surface area contributed by atoms with Gasteiger partial charge in [0, 0.05) is 13.1 Å². The third kappa shape index (κ3) is 3.34. The zero-order valence-electron chi connectivity index (χ0n) is 14.7. The zero-order valence-corrected chi connectivity index (χ0v) is 14.7. The van der Waals surface area contributed by atoms with Gasteiger partial charge >= 0.3 is 0 Å². The van der Waals surface area contributed by atoms with E-state index >= 15 is 0 Å². The molecular weight excluding hydrogens is 308 g/mol. The number of amides is 1. The summed E-state index contributed by atoms with van der Waals surface area (Å²) in [5.41, 5.74) is 3.59. The van der Waals surface area contributed by atoms with Crippen LogP contribution in [0.1, 0.15) is 31.2 Å². The second-order valence-corrected chi connectivity index (χ2v) is 7.42. The minimum atomic E-state index is -0.0898. The average Bonchev–Trinajstić information content (AvgIpc) is 2.68. The number of carbonyl (C=O) groups excluding carboxylic acids is 1. The molecule has 1 spiro atoms. The molecule has 0 atom stereocenters. The fourth-order valence-electron chi connectivity index (χ4n) is 4.33. The summed E-state index contributed by atoms with van der Waals surface area (Å²) >= 11 is 0. The van der Waals surface area contributed by atoms with Gasteiger partial charge in [-0.3, -0.25) is 4.79 Å². The molecule has 2 saturated heterocycles. The van der Waals surface area contributed by atoms with Gasteiger partial charge in [-0.15, -0.1) is 0 Å². The van der Waals surface area contributed by atoms with E-state index in [4.69, 9.17) is 0 Å². The van der Waals surface area contributed by atoms with E-state index in [9.17, 15) is 4.79 Å². The molecule has 3 heteroatoms. The van der Waals surface area contributed by atoms with Crippen LogP contribution in [0.2, 0.25) is 0 Å². The van der Waals surface area contributed by atoms with Crippen LogP contribution in [0.5, 0.6) is 0 Å². The fourth-order valence-corrected chi connectivity index (χ4v) is 4.33. The minimum absolute atomic E-state index is 0.0898. The molecule has 2 aliphatic heterocycles. The van der Waals surface area contributed by atoms with E-state index in [-0.39, 0.29) is 5.41 Å². The Balaban J connectivity index is 1.47. The van der Waals surface area contributed by atoms with Crippen molar-refractivity contribution in [1.29, 1.82) is 0 Å². The van der Waals surface area contributed by atoms with E-state index in [0.717, 1.165) is 51.9 Å². The van der Waals surface area contributed by atoms with Crippen LogP contribution in [0.3, 0.4) is 0 Å². The number of likely N-dealkylation sites (tertiary alicyclic amines) is 1. The van der Waals surface area contributed by atoms with E-state index in [2.05, 4.69) is 58.7 Å². The van der Waals surface area contributed by atoms with Gasteiger partial charge in [-0.25, -0.2) is 0 Å². The Hall–Kier alpha value is -2.13. The Morgan fingerprint density at radius 2 is 1.56 bits per heavy atom. The van der Waals surface area contributed by atoms with E-state index < -0.39 is 0 Å². The van der Waals surface area contributed by atoms with Crippen molar-refractivity contribution in [3.63, 3.8) is 0 Å². The second kappa shape index (κ2) is 7.01. The summed E-state index contributed by atoms with van der Waals surface area (Å²) in [6.07, 6.45) is 4.19. The minimum Gasteiger partial charge on any atom is -0.338 e. The molecule has 0 aliphatic carbocycles. The topological polar surface area (TPSA) is 32.3 Å². The molecule has 0 bridgehead atoms. The predicted molar refractivity (Wildman–Crippen MR) is 101 cm³/mol. The van der Waals surface area contributed by atoms with Crippen LogP contribution < -0.4 is 5.32 Å². The number of carbonyl (C=O) groups is 1. The first kappa shape index (κ1) is 16.3.